The van der Waals surface area contributed by atoms with Crippen LogP contribution in [0.5, 0.6) is 0 Å². The number of carbonyl (C=O) groups excluding carboxylic acids is 3. The number of aromatic nitrogens is 1. The van der Waals surface area contributed by atoms with Crippen molar-refractivity contribution in [1.82, 2.24) is 9.47 Å². The van der Waals surface area contributed by atoms with Crippen molar-refractivity contribution in [3.63, 3.8) is 0 Å². The summed E-state index contributed by atoms with van der Waals surface area (Å²) in [5.74, 6) is -1.53. The van der Waals surface area contributed by atoms with E-state index in [9.17, 15) is 19.2 Å². The van der Waals surface area contributed by atoms with Crippen molar-refractivity contribution in [3.8, 4) is 0 Å². The van der Waals surface area contributed by atoms with Gasteiger partial charge in [-0.25, -0.2) is 0 Å². The lowest BCUT2D eigenvalue weighted by molar-refractivity contribution is -0.143. The average Bonchev–Trinajstić information content (AvgIpc) is 3.54. The highest BCUT2D eigenvalue weighted by Gasteiger charge is 2.36. The predicted molar refractivity (Wildman–Crippen MR) is 163 cm³/mol. The molecule has 1 aromatic heterocycles. The van der Waals surface area contributed by atoms with Crippen LogP contribution in [-0.4, -0.2) is 58.9 Å². The van der Waals surface area contributed by atoms with Gasteiger partial charge < -0.3 is 14.4 Å². The smallest absolute Gasteiger partial charge is 0.325 e. The number of thiocarbonyl (C=S) groups is 1. The number of fused-ring (bicyclic) bond motifs is 1. The van der Waals surface area contributed by atoms with Crippen LogP contribution in [0.1, 0.15) is 27.2 Å². The second-order valence-electron chi connectivity index (χ2n) is 9.29. The van der Waals surface area contributed by atoms with Gasteiger partial charge in [-0.3, -0.25) is 28.6 Å². The van der Waals surface area contributed by atoms with Crippen LogP contribution >= 0.6 is 47.1 Å². The molecule has 0 radical (unpaired) electrons. The summed E-state index contributed by atoms with van der Waals surface area (Å²) in [5, 5.41) is 0.998. The van der Waals surface area contributed by atoms with Crippen molar-refractivity contribution in [2.45, 2.75) is 38.6 Å². The Bertz CT molecular complexity index is 1590. The molecule has 0 bridgehead atoms. The second kappa shape index (κ2) is 12.8. The van der Waals surface area contributed by atoms with Crippen LogP contribution in [0, 0.1) is 5.92 Å². The van der Waals surface area contributed by atoms with Gasteiger partial charge in [0.15, 0.2) is 0 Å². The average molecular weight is 620 g/mol. The molecule has 0 aliphatic carbocycles. The quantitative estimate of drug-likeness (QED) is 0.324. The topological polar surface area (TPSA) is 98.2 Å². The molecule has 0 saturated carbocycles. The molecule has 40 heavy (non-hydrogen) atoms. The molecule has 3 heterocycles. The van der Waals surface area contributed by atoms with Gasteiger partial charge in [-0.2, -0.15) is 0 Å². The fraction of sp³-hybridized carbons (Fsp3) is 0.370. The molecule has 0 atom stereocenters. The van der Waals surface area contributed by atoms with Gasteiger partial charge in [-0.05, 0) is 43.0 Å². The van der Waals surface area contributed by atoms with Gasteiger partial charge in [0, 0.05) is 11.4 Å². The van der Waals surface area contributed by atoms with Crippen molar-refractivity contribution < 1.29 is 23.9 Å². The SMILES string of the molecule is CCN1C(=CC(CC(C)C)=c2sc(=C3SC(=S)N(CC(=O)OC)C3=O)n(CC(=O)OC)c2=O)Sc2ccccc21. The fourth-order valence-electron chi connectivity index (χ4n) is 4.27. The number of carbonyl (C=O) groups is 3. The van der Waals surface area contributed by atoms with Crippen LogP contribution in [0.4, 0.5) is 5.69 Å². The highest BCUT2D eigenvalue weighted by molar-refractivity contribution is 8.30. The molecule has 4 rings (SSSR count). The lowest BCUT2D eigenvalue weighted by atomic mass is 10.0. The first-order chi connectivity index (χ1) is 19.1. The number of hydrogen-bond acceptors (Lipinski definition) is 11. The highest BCUT2D eigenvalue weighted by atomic mass is 32.2. The zero-order chi connectivity index (χ0) is 29.1. The summed E-state index contributed by atoms with van der Waals surface area (Å²) in [5.41, 5.74) is 1.54. The van der Waals surface area contributed by atoms with E-state index >= 15 is 0 Å². The normalized spacial score (nSPS) is 18.1. The van der Waals surface area contributed by atoms with Gasteiger partial charge in [-0.15, -0.1) is 11.3 Å². The Morgan fingerprint density at radius 2 is 1.70 bits per heavy atom. The monoisotopic (exact) mass is 619 g/mol. The molecule has 0 spiro atoms. The number of hydrogen-bond donors (Lipinski definition) is 0. The van der Waals surface area contributed by atoms with Gasteiger partial charge in [0.1, 0.15) is 27.0 Å². The van der Waals surface area contributed by atoms with Gasteiger partial charge in [0.05, 0.1) is 29.5 Å². The number of rotatable bonds is 8. The molecular weight excluding hydrogens is 591 g/mol. The molecule has 0 N–H and O–H groups in total. The Kier molecular flexibility index (Phi) is 9.60. The molecule has 1 fully saturated rings. The maximum absolute atomic E-state index is 13.9. The molecule has 1 amide bonds. The van der Waals surface area contributed by atoms with Crippen molar-refractivity contribution in [1.29, 1.82) is 0 Å². The summed E-state index contributed by atoms with van der Waals surface area (Å²) in [6, 6.07) is 8.15. The summed E-state index contributed by atoms with van der Waals surface area (Å²) in [7, 11) is 2.47. The van der Waals surface area contributed by atoms with Crippen LogP contribution < -0.4 is 19.7 Å². The predicted octanol–water partition coefficient (Wildman–Crippen LogP) is 2.89. The van der Waals surface area contributed by atoms with E-state index in [-0.39, 0.29) is 33.8 Å². The molecule has 1 aromatic carbocycles. The second-order valence-corrected chi connectivity index (χ2v) is 13.0. The van der Waals surface area contributed by atoms with E-state index < -0.39 is 17.8 Å². The van der Waals surface area contributed by atoms with Crippen molar-refractivity contribution in [3.05, 3.63) is 54.9 Å². The van der Waals surface area contributed by atoms with E-state index in [1.165, 1.54) is 18.8 Å². The van der Waals surface area contributed by atoms with E-state index in [0.717, 1.165) is 55.7 Å². The zero-order valence-electron chi connectivity index (χ0n) is 22.7. The number of esters is 2. The Labute approximate surface area is 249 Å². The summed E-state index contributed by atoms with van der Waals surface area (Å²) in [6.07, 6.45) is 2.64. The molecule has 212 valence electrons. The summed E-state index contributed by atoms with van der Waals surface area (Å²) >= 11 is 9.14. The number of thiazole rings is 1. The van der Waals surface area contributed by atoms with Gasteiger partial charge >= 0.3 is 11.9 Å². The molecule has 1 saturated heterocycles. The Balaban J connectivity index is 1.96. The maximum atomic E-state index is 13.9. The van der Waals surface area contributed by atoms with E-state index in [1.807, 2.05) is 18.2 Å². The Hall–Kier alpha value is -2.87. The first-order valence-electron chi connectivity index (χ1n) is 12.5. The molecule has 9 nitrogen and oxygen atoms in total. The Morgan fingerprint density at radius 3 is 2.35 bits per heavy atom. The lowest BCUT2D eigenvalue weighted by Gasteiger charge is -2.18. The third kappa shape index (κ3) is 6.07. The third-order valence-corrected chi connectivity index (χ3v) is 10.1. The van der Waals surface area contributed by atoms with Gasteiger partial charge in [0.2, 0.25) is 0 Å². The number of anilines is 1. The van der Waals surface area contributed by atoms with Crippen LogP contribution in [0.3, 0.4) is 0 Å². The third-order valence-electron chi connectivity index (χ3n) is 6.13. The standard InChI is InChI=1S/C27H29N3O6S4/c1-6-28-17-9-7-8-10-18(17)38-19(28)12-16(11-15(2)3)22-24(33)29(13-20(31)35-4)26(39-22)23-25(34)30(27(37)40-23)14-21(32)36-5/h7-10,12,15H,6,11,13-14H2,1-5H3. The molecular formula is C27H29N3O6S4. The summed E-state index contributed by atoms with van der Waals surface area (Å²) < 4.78 is 11.7. The van der Waals surface area contributed by atoms with Crippen molar-refractivity contribution in [2.24, 2.45) is 5.92 Å². The molecule has 2 aliphatic rings. The molecule has 0 unspecified atom stereocenters. The fourth-order valence-corrected chi connectivity index (χ4v) is 8.04. The minimum atomic E-state index is -0.625. The van der Waals surface area contributed by atoms with Crippen LogP contribution in [-0.2, 0) is 30.4 Å². The number of para-hydroxylation sites is 1. The number of nitrogens with zero attached hydrogens (tertiary/aromatic N) is 3. The lowest BCUT2D eigenvalue weighted by Crippen LogP contribution is -2.37. The van der Waals surface area contributed by atoms with E-state index in [4.69, 9.17) is 21.7 Å². The van der Waals surface area contributed by atoms with Crippen LogP contribution in [0.2, 0.25) is 0 Å². The number of allylic oxidation sites excluding steroid dienone is 1. The first-order valence-corrected chi connectivity index (χ1v) is 15.4. The minimum absolute atomic E-state index is 0.171. The minimum Gasteiger partial charge on any atom is -0.468 e. The number of amides is 1. The van der Waals surface area contributed by atoms with Crippen molar-refractivity contribution >= 4 is 85.4 Å². The number of methoxy groups -OCH3 is 2. The van der Waals surface area contributed by atoms with Gasteiger partial charge in [-0.1, -0.05) is 61.7 Å². The molecule has 2 aliphatic heterocycles. The van der Waals surface area contributed by atoms with E-state index in [0.29, 0.717) is 15.6 Å². The number of thioether (sulfide) groups is 2. The molecule has 13 heteroatoms. The van der Waals surface area contributed by atoms with Crippen molar-refractivity contribution in [2.75, 3.05) is 32.2 Å². The van der Waals surface area contributed by atoms with E-state index in [1.54, 1.807) is 11.8 Å². The summed E-state index contributed by atoms with van der Waals surface area (Å²) in [4.78, 5) is 56.1. The van der Waals surface area contributed by atoms with Crippen LogP contribution in [0.25, 0.3) is 10.5 Å². The zero-order valence-corrected chi connectivity index (χ0v) is 26.0. The Morgan fingerprint density at radius 1 is 1.02 bits per heavy atom. The maximum Gasteiger partial charge on any atom is 0.325 e. The van der Waals surface area contributed by atoms with Gasteiger partial charge in [0.25, 0.3) is 11.5 Å². The largest absolute Gasteiger partial charge is 0.468 e. The first kappa shape index (κ1) is 30.1. The summed E-state index contributed by atoms with van der Waals surface area (Å²) in [6.45, 7) is 6.27. The molecule has 2 aromatic rings. The number of benzene rings is 1. The highest BCUT2D eigenvalue weighted by Crippen LogP contribution is 2.46. The number of ether oxygens (including phenoxy) is 2. The van der Waals surface area contributed by atoms with Crippen LogP contribution in [0.15, 0.2) is 45.1 Å². The van der Waals surface area contributed by atoms with E-state index in [2.05, 4.69) is 37.8 Å².